The summed E-state index contributed by atoms with van der Waals surface area (Å²) in [4.78, 5) is 31.8. The van der Waals surface area contributed by atoms with E-state index in [-0.39, 0.29) is 18.4 Å². The quantitative estimate of drug-likeness (QED) is 0.779. The van der Waals surface area contributed by atoms with E-state index in [2.05, 4.69) is 4.98 Å². The molecule has 5 nitrogen and oxygen atoms in total. The highest BCUT2D eigenvalue weighted by atomic mass is 35.5. The molecule has 1 heterocycles. The van der Waals surface area contributed by atoms with Crippen LogP contribution in [0.5, 0.6) is 0 Å². The zero-order valence-electron chi connectivity index (χ0n) is 15.6. The lowest BCUT2D eigenvalue weighted by Crippen LogP contribution is -2.41. The molecule has 26 heavy (non-hydrogen) atoms. The summed E-state index contributed by atoms with van der Waals surface area (Å²) < 4.78 is 0. The molecular formula is C20H24ClN3O2. The Bertz CT molecular complexity index is 770. The van der Waals surface area contributed by atoms with Gasteiger partial charge in [-0.2, -0.15) is 0 Å². The number of nitrogens with zero attached hydrogens (tertiary/aromatic N) is 3. The fraction of sp³-hybridized carbons (Fsp3) is 0.350. The van der Waals surface area contributed by atoms with Gasteiger partial charge in [-0.05, 0) is 55.2 Å². The minimum atomic E-state index is -0.213. The Hall–Kier alpha value is -2.40. The van der Waals surface area contributed by atoms with Gasteiger partial charge in [0.1, 0.15) is 6.54 Å². The van der Waals surface area contributed by atoms with Gasteiger partial charge < -0.3 is 9.80 Å². The third kappa shape index (κ3) is 5.05. The van der Waals surface area contributed by atoms with E-state index >= 15 is 0 Å². The number of hydrogen-bond acceptors (Lipinski definition) is 3. The molecule has 0 atom stereocenters. The summed E-state index contributed by atoms with van der Waals surface area (Å²) in [5.41, 5.74) is 3.60. The van der Waals surface area contributed by atoms with Crippen LogP contribution in [0.4, 0.5) is 5.69 Å². The molecule has 0 aliphatic carbocycles. The van der Waals surface area contributed by atoms with Gasteiger partial charge in [0, 0.05) is 32.9 Å². The van der Waals surface area contributed by atoms with Crippen molar-refractivity contribution in [2.24, 2.45) is 0 Å². The van der Waals surface area contributed by atoms with Crippen molar-refractivity contribution in [2.45, 2.75) is 27.2 Å². The Morgan fingerprint density at radius 3 is 2.38 bits per heavy atom. The first kappa shape index (κ1) is 19.9. The molecule has 0 unspecified atom stereocenters. The summed E-state index contributed by atoms with van der Waals surface area (Å²) in [6.45, 7) is 5.81. The van der Waals surface area contributed by atoms with E-state index in [4.69, 9.17) is 11.6 Å². The molecule has 1 aromatic heterocycles. The lowest BCUT2D eigenvalue weighted by molar-refractivity contribution is -0.130. The maximum absolute atomic E-state index is 12.6. The number of benzene rings is 1. The summed E-state index contributed by atoms with van der Waals surface area (Å²) in [7, 11) is 1.74. The predicted molar refractivity (Wildman–Crippen MR) is 105 cm³/mol. The topological polar surface area (TPSA) is 53.5 Å². The fourth-order valence-electron chi connectivity index (χ4n) is 2.82. The van der Waals surface area contributed by atoms with Gasteiger partial charge in [0.15, 0.2) is 0 Å². The zero-order valence-corrected chi connectivity index (χ0v) is 16.4. The minimum Gasteiger partial charge on any atom is -0.344 e. The second kappa shape index (κ2) is 8.81. The lowest BCUT2D eigenvalue weighted by atomic mass is 10.1. The van der Waals surface area contributed by atoms with E-state index in [1.807, 2.05) is 32.0 Å². The molecule has 0 saturated carbocycles. The fourth-order valence-corrected chi connectivity index (χ4v) is 3.25. The van der Waals surface area contributed by atoms with Crippen LogP contribution in [0.25, 0.3) is 0 Å². The maximum Gasteiger partial charge on any atom is 0.242 e. The second-order valence-corrected chi connectivity index (χ2v) is 6.85. The summed E-state index contributed by atoms with van der Waals surface area (Å²) in [5, 5.41) is 0.477. The zero-order chi connectivity index (χ0) is 19.3. The predicted octanol–water partition coefficient (Wildman–Crippen LogP) is 3.41. The van der Waals surface area contributed by atoms with Gasteiger partial charge in [-0.15, -0.1) is 0 Å². The van der Waals surface area contributed by atoms with Crippen LogP contribution in [0, 0.1) is 13.8 Å². The number of aryl methyl sites for hydroxylation is 2. The van der Waals surface area contributed by atoms with Crippen molar-refractivity contribution in [3.8, 4) is 0 Å². The van der Waals surface area contributed by atoms with Crippen LogP contribution in [-0.2, 0) is 16.0 Å². The summed E-state index contributed by atoms with van der Waals surface area (Å²) in [6.07, 6.45) is 4.20. The van der Waals surface area contributed by atoms with Crippen LogP contribution in [0.1, 0.15) is 23.6 Å². The van der Waals surface area contributed by atoms with Gasteiger partial charge in [-0.1, -0.05) is 17.7 Å². The number of carbonyl (C=O) groups is 2. The van der Waals surface area contributed by atoms with Crippen LogP contribution in [0.15, 0.2) is 36.7 Å². The van der Waals surface area contributed by atoms with E-state index in [0.717, 1.165) is 23.1 Å². The largest absolute Gasteiger partial charge is 0.344 e. The summed E-state index contributed by atoms with van der Waals surface area (Å²) in [6, 6.07) is 7.61. The average Bonchev–Trinajstić information content (AvgIpc) is 2.58. The lowest BCUT2D eigenvalue weighted by Gasteiger charge is -2.26. The number of rotatable bonds is 6. The van der Waals surface area contributed by atoms with E-state index in [0.29, 0.717) is 17.3 Å². The number of carbonyl (C=O) groups excluding carboxylic acids is 2. The standard InChI is InChI=1S/C20H24ClN3O2/c1-14-11-15(2)20(18(21)12-14)24(16(3)25)13-19(26)23(4)10-7-17-5-8-22-9-6-17/h5-6,8-9,11-12H,7,10,13H2,1-4H3. The number of anilines is 1. The molecule has 0 aliphatic heterocycles. The molecule has 138 valence electrons. The number of amides is 2. The Morgan fingerprint density at radius 2 is 1.81 bits per heavy atom. The Balaban J connectivity index is 2.10. The Labute approximate surface area is 159 Å². The molecule has 1 aromatic carbocycles. The van der Waals surface area contributed by atoms with E-state index in [9.17, 15) is 9.59 Å². The van der Waals surface area contributed by atoms with Gasteiger partial charge >= 0.3 is 0 Å². The van der Waals surface area contributed by atoms with Crippen LogP contribution in [-0.4, -0.2) is 41.8 Å². The van der Waals surface area contributed by atoms with Gasteiger partial charge in [-0.3, -0.25) is 14.6 Å². The first-order valence-electron chi connectivity index (χ1n) is 8.47. The van der Waals surface area contributed by atoms with Crippen molar-refractivity contribution < 1.29 is 9.59 Å². The molecule has 0 radical (unpaired) electrons. The van der Waals surface area contributed by atoms with Crippen LogP contribution in [0.2, 0.25) is 5.02 Å². The second-order valence-electron chi connectivity index (χ2n) is 6.44. The third-order valence-electron chi connectivity index (χ3n) is 4.25. The molecule has 0 bridgehead atoms. The van der Waals surface area contributed by atoms with E-state index < -0.39 is 0 Å². The normalized spacial score (nSPS) is 10.5. The van der Waals surface area contributed by atoms with Crippen LogP contribution < -0.4 is 4.90 Å². The van der Waals surface area contributed by atoms with Crippen molar-refractivity contribution >= 4 is 29.1 Å². The van der Waals surface area contributed by atoms with Crippen molar-refractivity contribution in [3.05, 3.63) is 58.4 Å². The highest BCUT2D eigenvalue weighted by Gasteiger charge is 2.22. The number of halogens is 1. The SMILES string of the molecule is CC(=O)N(CC(=O)N(C)CCc1ccncc1)c1c(C)cc(C)cc1Cl. The van der Waals surface area contributed by atoms with Crippen molar-refractivity contribution in [1.82, 2.24) is 9.88 Å². The highest BCUT2D eigenvalue weighted by molar-refractivity contribution is 6.34. The highest BCUT2D eigenvalue weighted by Crippen LogP contribution is 2.31. The molecule has 2 rings (SSSR count). The van der Waals surface area contributed by atoms with Crippen molar-refractivity contribution in [1.29, 1.82) is 0 Å². The molecule has 6 heteroatoms. The maximum atomic E-state index is 12.6. The van der Waals surface area contributed by atoms with Crippen molar-refractivity contribution in [2.75, 3.05) is 25.0 Å². The van der Waals surface area contributed by atoms with Crippen molar-refractivity contribution in [3.63, 3.8) is 0 Å². The van der Waals surface area contributed by atoms with E-state index in [1.165, 1.54) is 11.8 Å². The number of aromatic nitrogens is 1. The molecule has 0 spiro atoms. The number of likely N-dealkylation sites (N-methyl/N-ethyl adjacent to an activating group) is 1. The number of pyridine rings is 1. The molecule has 2 aromatic rings. The molecule has 0 N–H and O–H groups in total. The third-order valence-corrected chi connectivity index (χ3v) is 4.54. The van der Waals surface area contributed by atoms with Gasteiger partial charge in [-0.25, -0.2) is 0 Å². The Kier molecular flexibility index (Phi) is 6.75. The van der Waals surface area contributed by atoms with Gasteiger partial charge in [0.05, 0.1) is 10.7 Å². The van der Waals surface area contributed by atoms with Crippen LogP contribution >= 0.6 is 11.6 Å². The summed E-state index contributed by atoms with van der Waals surface area (Å²) in [5.74, 6) is -0.347. The molecule has 0 saturated heterocycles. The molecule has 0 fully saturated rings. The minimum absolute atomic E-state index is 0.0359. The monoisotopic (exact) mass is 373 g/mol. The first-order valence-corrected chi connectivity index (χ1v) is 8.85. The molecule has 0 aliphatic rings. The van der Waals surface area contributed by atoms with Crippen LogP contribution in [0.3, 0.4) is 0 Å². The first-order chi connectivity index (χ1) is 12.3. The molecular weight excluding hydrogens is 350 g/mol. The average molecular weight is 374 g/mol. The smallest absolute Gasteiger partial charge is 0.242 e. The number of hydrogen-bond donors (Lipinski definition) is 0. The Morgan fingerprint density at radius 1 is 1.15 bits per heavy atom. The van der Waals surface area contributed by atoms with Gasteiger partial charge in [0.2, 0.25) is 11.8 Å². The molecule has 2 amide bonds. The van der Waals surface area contributed by atoms with Gasteiger partial charge in [0.25, 0.3) is 0 Å². The summed E-state index contributed by atoms with van der Waals surface area (Å²) >= 11 is 6.35. The van der Waals surface area contributed by atoms with E-state index in [1.54, 1.807) is 30.4 Å².